The molecule has 1 atom stereocenters. The van der Waals surface area contributed by atoms with Crippen LogP contribution >= 0.6 is 15.9 Å². The number of benzene rings is 1. The Bertz CT molecular complexity index is 431. The molecule has 112 valence electrons. The highest BCUT2D eigenvalue weighted by molar-refractivity contribution is 9.10. The van der Waals surface area contributed by atoms with Crippen LogP contribution in [0.4, 0.5) is 5.69 Å². The van der Waals surface area contributed by atoms with E-state index in [9.17, 15) is 5.11 Å². The molecule has 4 nitrogen and oxygen atoms in total. The molecule has 0 spiro atoms. The van der Waals surface area contributed by atoms with E-state index < -0.39 is 6.10 Å². The lowest BCUT2D eigenvalue weighted by atomic mass is 10.1. The van der Waals surface area contributed by atoms with Crippen LogP contribution in [0.2, 0.25) is 0 Å². The number of aliphatic hydroxyl groups excluding tert-OH is 2. The van der Waals surface area contributed by atoms with E-state index in [0.717, 1.165) is 36.0 Å². The van der Waals surface area contributed by atoms with Gasteiger partial charge in [-0.1, -0.05) is 22.0 Å². The molecule has 1 aromatic carbocycles. The number of hydrogen-bond donors (Lipinski definition) is 2. The Labute approximate surface area is 128 Å². The summed E-state index contributed by atoms with van der Waals surface area (Å²) in [5, 5.41) is 18.4. The summed E-state index contributed by atoms with van der Waals surface area (Å²) in [5.74, 6) is 0. The number of anilines is 1. The quantitative estimate of drug-likeness (QED) is 0.862. The van der Waals surface area contributed by atoms with E-state index in [2.05, 4.69) is 33.0 Å². The zero-order valence-corrected chi connectivity index (χ0v) is 13.3. The fourth-order valence-corrected chi connectivity index (χ4v) is 3.25. The fraction of sp³-hybridized carbons (Fsp3) is 0.600. The molecule has 5 heteroatoms. The minimum Gasteiger partial charge on any atom is -0.394 e. The third-order valence-corrected chi connectivity index (χ3v) is 4.37. The van der Waals surface area contributed by atoms with E-state index in [-0.39, 0.29) is 12.7 Å². The molecule has 2 rings (SSSR count). The Morgan fingerprint density at radius 3 is 2.65 bits per heavy atom. The van der Waals surface area contributed by atoms with Gasteiger partial charge in [0.05, 0.1) is 25.4 Å². The average Bonchev–Trinajstić information content (AvgIpc) is 2.45. The molecule has 2 N–H and O–H groups in total. The second-order valence-corrected chi connectivity index (χ2v) is 6.02. The highest BCUT2D eigenvalue weighted by Gasteiger charge is 2.20. The van der Waals surface area contributed by atoms with E-state index in [1.807, 2.05) is 6.07 Å². The van der Waals surface area contributed by atoms with Crippen molar-refractivity contribution in [2.75, 3.05) is 31.2 Å². The van der Waals surface area contributed by atoms with Gasteiger partial charge >= 0.3 is 0 Å². The number of aliphatic hydroxyl groups is 2. The van der Waals surface area contributed by atoms with Crippen LogP contribution in [0.3, 0.4) is 0 Å². The van der Waals surface area contributed by atoms with Crippen molar-refractivity contribution >= 4 is 21.6 Å². The SMILES string of the molecule is CC(O)c1ccc(N2CCC(OCCO)CC2)cc1Br. The second-order valence-electron chi connectivity index (χ2n) is 5.16. The molecule has 1 aliphatic rings. The molecular formula is C15H22BrNO3. The number of piperidine rings is 1. The minimum absolute atomic E-state index is 0.0912. The van der Waals surface area contributed by atoms with Gasteiger partial charge in [-0.25, -0.2) is 0 Å². The lowest BCUT2D eigenvalue weighted by molar-refractivity contribution is 0.0159. The summed E-state index contributed by atoms with van der Waals surface area (Å²) in [6.07, 6.45) is 1.76. The van der Waals surface area contributed by atoms with Gasteiger partial charge in [-0.15, -0.1) is 0 Å². The van der Waals surface area contributed by atoms with Crippen molar-refractivity contribution < 1.29 is 14.9 Å². The van der Waals surface area contributed by atoms with Crippen LogP contribution < -0.4 is 4.90 Å². The molecule has 0 amide bonds. The maximum atomic E-state index is 9.64. The summed E-state index contributed by atoms with van der Waals surface area (Å²) in [6, 6.07) is 6.09. The van der Waals surface area contributed by atoms with Crippen LogP contribution in [0, 0.1) is 0 Å². The van der Waals surface area contributed by atoms with Crippen molar-refractivity contribution in [3.63, 3.8) is 0 Å². The number of nitrogens with zero attached hydrogens (tertiary/aromatic N) is 1. The number of rotatable bonds is 5. The predicted molar refractivity (Wildman–Crippen MR) is 83.0 cm³/mol. The van der Waals surface area contributed by atoms with Gasteiger partial charge in [0.2, 0.25) is 0 Å². The van der Waals surface area contributed by atoms with E-state index >= 15 is 0 Å². The molecule has 1 unspecified atom stereocenters. The summed E-state index contributed by atoms with van der Waals surface area (Å²) in [7, 11) is 0. The third kappa shape index (κ3) is 3.95. The van der Waals surface area contributed by atoms with Gasteiger partial charge in [-0.3, -0.25) is 0 Å². The predicted octanol–water partition coefficient (Wildman–Crippen LogP) is 2.48. The standard InChI is InChI=1S/C15H22BrNO3/c1-11(19)14-3-2-12(10-15(14)16)17-6-4-13(5-7-17)20-9-8-18/h2-3,10-11,13,18-19H,4-9H2,1H3. The summed E-state index contributed by atoms with van der Waals surface area (Å²) in [5.41, 5.74) is 2.08. The van der Waals surface area contributed by atoms with Crippen LogP contribution in [0.25, 0.3) is 0 Å². The van der Waals surface area contributed by atoms with Crippen molar-refractivity contribution in [2.45, 2.75) is 32.0 Å². The summed E-state index contributed by atoms with van der Waals surface area (Å²) >= 11 is 3.52. The first-order valence-corrected chi connectivity index (χ1v) is 7.86. The average molecular weight is 344 g/mol. The van der Waals surface area contributed by atoms with Gasteiger partial charge in [0.25, 0.3) is 0 Å². The normalized spacial score (nSPS) is 18.3. The van der Waals surface area contributed by atoms with Gasteiger partial charge in [0, 0.05) is 23.2 Å². The molecule has 0 bridgehead atoms. The monoisotopic (exact) mass is 343 g/mol. The van der Waals surface area contributed by atoms with Gasteiger partial charge in [0.15, 0.2) is 0 Å². The van der Waals surface area contributed by atoms with Crippen LogP contribution in [-0.2, 0) is 4.74 Å². The van der Waals surface area contributed by atoms with E-state index in [4.69, 9.17) is 9.84 Å². The second kappa shape index (κ2) is 7.41. The van der Waals surface area contributed by atoms with Crippen molar-refractivity contribution in [1.82, 2.24) is 0 Å². The first kappa shape index (κ1) is 15.8. The third-order valence-electron chi connectivity index (χ3n) is 3.69. The maximum Gasteiger partial charge on any atom is 0.0772 e. The highest BCUT2D eigenvalue weighted by Crippen LogP contribution is 2.29. The molecule has 0 saturated carbocycles. The van der Waals surface area contributed by atoms with Crippen LogP contribution in [0.1, 0.15) is 31.4 Å². The van der Waals surface area contributed by atoms with Crippen LogP contribution in [0.15, 0.2) is 22.7 Å². The van der Waals surface area contributed by atoms with E-state index in [0.29, 0.717) is 6.61 Å². The maximum absolute atomic E-state index is 9.64. The topological polar surface area (TPSA) is 52.9 Å². The summed E-state index contributed by atoms with van der Waals surface area (Å²) in [6.45, 7) is 4.20. The summed E-state index contributed by atoms with van der Waals surface area (Å²) < 4.78 is 6.52. The molecule has 1 saturated heterocycles. The lowest BCUT2D eigenvalue weighted by Gasteiger charge is -2.33. The molecule has 1 aliphatic heterocycles. The van der Waals surface area contributed by atoms with Crippen molar-refractivity contribution in [1.29, 1.82) is 0 Å². The molecule has 1 aromatic rings. The number of hydrogen-bond acceptors (Lipinski definition) is 4. The molecule has 0 aliphatic carbocycles. The lowest BCUT2D eigenvalue weighted by Crippen LogP contribution is -2.37. The van der Waals surface area contributed by atoms with Crippen molar-refractivity contribution in [3.05, 3.63) is 28.2 Å². The van der Waals surface area contributed by atoms with Gasteiger partial charge < -0.3 is 19.8 Å². The Kier molecular flexibility index (Phi) is 5.84. The Hall–Kier alpha value is -0.620. The van der Waals surface area contributed by atoms with Gasteiger partial charge in [-0.2, -0.15) is 0 Å². The van der Waals surface area contributed by atoms with Crippen molar-refractivity contribution in [3.8, 4) is 0 Å². The van der Waals surface area contributed by atoms with Crippen LogP contribution in [-0.4, -0.2) is 42.6 Å². The Morgan fingerprint density at radius 2 is 2.10 bits per heavy atom. The van der Waals surface area contributed by atoms with E-state index in [1.54, 1.807) is 6.92 Å². The highest BCUT2D eigenvalue weighted by atomic mass is 79.9. The Morgan fingerprint density at radius 1 is 1.40 bits per heavy atom. The molecular weight excluding hydrogens is 322 g/mol. The number of ether oxygens (including phenoxy) is 1. The van der Waals surface area contributed by atoms with E-state index in [1.165, 1.54) is 5.69 Å². The van der Waals surface area contributed by atoms with Crippen molar-refractivity contribution in [2.24, 2.45) is 0 Å². The molecule has 0 radical (unpaired) electrons. The molecule has 1 fully saturated rings. The van der Waals surface area contributed by atoms with Gasteiger partial charge in [0.1, 0.15) is 0 Å². The molecule has 1 heterocycles. The summed E-state index contributed by atoms with van der Waals surface area (Å²) in [4.78, 5) is 2.33. The Balaban J connectivity index is 1.95. The first-order chi connectivity index (χ1) is 9.61. The zero-order valence-electron chi connectivity index (χ0n) is 11.8. The fourth-order valence-electron chi connectivity index (χ4n) is 2.55. The van der Waals surface area contributed by atoms with Crippen LogP contribution in [0.5, 0.6) is 0 Å². The number of halogens is 1. The minimum atomic E-state index is -0.462. The smallest absolute Gasteiger partial charge is 0.0772 e. The molecule has 20 heavy (non-hydrogen) atoms. The largest absolute Gasteiger partial charge is 0.394 e. The molecule has 0 aromatic heterocycles. The van der Waals surface area contributed by atoms with Gasteiger partial charge in [-0.05, 0) is 37.5 Å². The zero-order chi connectivity index (χ0) is 14.5. The first-order valence-electron chi connectivity index (χ1n) is 7.06.